The SMILES string of the molecule is C=C(CN)C(NC(=O)OC(C)(C)C)C(C)(C)C. The number of carbonyl (C=O) groups is 1. The van der Waals surface area contributed by atoms with Gasteiger partial charge in [-0.2, -0.15) is 0 Å². The van der Waals surface area contributed by atoms with Crippen LogP contribution in [0.25, 0.3) is 0 Å². The van der Waals surface area contributed by atoms with Gasteiger partial charge < -0.3 is 15.8 Å². The van der Waals surface area contributed by atoms with E-state index in [0.29, 0.717) is 6.54 Å². The van der Waals surface area contributed by atoms with Gasteiger partial charge in [-0.05, 0) is 31.8 Å². The summed E-state index contributed by atoms with van der Waals surface area (Å²) in [6.07, 6.45) is -0.438. The Morgan fingerprint density at radius 1 is 1.29 bits per heavy atom. The molecule has 17 heavy (non-hydrogen) atoms. The van der Waals surface area contributed by atoms with Crippen molar-refractivity contribution in [1.29, 1.82) is 0 Å². The summed E-state index contributed by atoms with van der Waals surface area (Å²) in [7, 11) is 0. The van der Waals surface area contributed by atoms with Crippen LogP contribution >= 0.6 is 0 Å². The van der Waals surface area contributed by atoms with E-state index in [2.05, 4.69) is 11.9 Å². The number of ether oxygens (including phenoxy) is 1. The number of nitrogens with two attached hydrogens (primary N) is 1. The molecule has 1 atom stereocenters. The van der Waals surface area contributed by atoms with E-state index in [-0.39, 0.29) is 11.5 Å². The second-order valence-corrected chi connectivity index (χ2v) is 6.31. The van der Waals surface area contributed by atoms with Crippen LogP contribution in [-0.4, -0.2) is 24.3 Å². The lowest BCUT2D eigenvalue weighted by Gasteiger charge is -2.33. The Morgan fingerprint density at radius 2 is 1.76 bits per heavy atom. The molecule has 4 nitrogen and oxygen atoms in total. The van der Waals surface area contributed by atoms with Crippen molar-refractivity contribution < 1.29 is 9.53 Å². The number of amides is 1. The van der Waals surface area contributed by atoms with Crippen molar-refractivity contribution in [2.24, 2.45) is 11.1 Å². The summed E-state index contributed by atoms with van der Waals surface area (Å²) >= 11 is 0. The lowest BCUT2D eigenvalue weighted by molar-refractivity contribution is 0.0479. The van der Waals surface area contributed by atoms with E-state index in [1.807, 2.05) is 41.5 Å². The summed E-state index contributed by atoms with van der Waals surface area (Å²) < 4.78 is 5.23. The Bertz CT molecular complexity index is 285. The second kappa shape index (κ2) is 5.54. The van der Waals surface area contributed by atoms with E-state index < -0.39 is 11.7 Å². The predicted octanol–water partition coefficient (Wildman–Crippen LogP) is 2.44. The van der Waals surface area contributed by atoms with Gasteiger partial charge in [-0.25, -0.2) is 4.79 Å². The first kappa shape index (κ1) is 16.0. The minimum Gasteiger partial charge on any atom is -0.444 e. The zero-order valence-corrected chi connectivity index (χ0v) is 11.9. The van der Waals surface area contributed by atoms with Crippen molar-refractivity contribution in [2.75, 3.05) is 6.54 Å². The summed E-state index contributed by atoms with van der Waals surface area (Å²) in [5.74, 6) is 0. The molecule has 0 spiro atoms. The molecule has 0 rings (SSSR count). The molecule has 0 aromatic carbocycles. The Hall–Kier alpha value is -1.03. The van der Waals surface area contributed by atoms with Crippen molar-refractivity contribution in [1.82, 2.24) is 5.32 Å². The molecule has 0 aromatic rings. The van der Waals surface area contributed by atoms with Crippen LogP contribution in [0, 0.1) is 5.41 Å². The smallest absolute Gasteiger partial charge is 0.408 e. The monoisotopic (exact) mass is 242 g/mol. The van der Waals surface area contributed by atoms with Crippen LogP contribution in [0.15, 0.2) is 12.2 Å². The summed E-state index contributed by atoms with van der Waals surface area (Å²) in [4.78, 5) is 11.7. The third kappa shape index (κ3) is 6.31. The van der Waals surface area contributed by atoms with Crippen LogP contribution < -0.4 is 11.1 Å². The van der Waals surface area contributed by atoms with Crippen LogP contribution in [0.3, 0.4) is 0 Å². The highest BCUT2D eigenvalue weighted by Gasteiger charge is 2.29. The van der Waals surface area contributed by atoms with E-state index >= 15 is 0 Å². The molecule has 0 bridgehead atoms. The summed E-state index contributed by atoms with van der Waals surface area (Å²) in [5.41, 5.74) is 5.73. The maximum absolute atomic E-state index is 11.7. The molecule has 0 radical (unpaired) electrons. The van der Waals surface area contributed by atoms with Crippen LogP contribution in [0.4, 0.5) is 4.79 Å². The first-order chi connectivity index (χ1) is 7.47. The van der Waals surface area contributed by atoms with Crippen molar-refractivity contribution in [3.05, 3.63) is 12.2 Å². The molecule has 1 amide bonds. The molecule has 0 fully saturated rings. The first-order valence-electron chi connectivity index (χ1n) is 5.84. The van der Waals surface area contributed by atoms with Crippen molar-refractivity contribution in [2.45, 2.75) is 53.2 Å². The zero-order valence-electron chi connectivity index (χ0n) is 11.9. The molecule has 0 aromatic heterocycles. The topological polar surface area (TPSA) is 64.3 Å². The van der Waals surface area contributed by atoms with Crippen LogP contribution in [0.5, 0.6) is 0 Å². The lowest BCUT2D eigenvalue weighted by atomic mass is 9.82. The van der Waals surface area contributed by atoms with Crippen LogP contribution in [0.2, 0.25) is 0 Å². The molecule has 0 aliphatic carbocycles. The summed E-state index contributed by atoms with van der Waals surface area (Å²) in [6.45, 7) is 15.8. The lowest BCUT2D eigenvalue weighted by Crippen LogP contribution is -2.47. The van der Waals surface area contributed by atoms with Crippen LogP contribution in [0.1, 0.15) is 41.5 Å². The molecule has 3 N–H and O–H groups in total. The molecule has 0 saturated heterocycles. The van der Waals surface area contributed by atoms with E-state index in [4.69, 9.17) is 10.5 Å². The van der Waals surface area contributed by atoms with Crippen molar-refractivity contribution in [3.63, 3.8) is 0 Å². The molecule has 0 heterocycles. The van der Waals surface area contributed by atoms with Gasteiger partial charge in [0.05, 0.1) is 6.04 Å². The van der Waals surface area contributed by atoms with Gasteiger partial charge in [0.1, 0.15) is 5.60 Å². The largest absolute Gasteiger partial charge is 0.444 e. The Kier molecular flexibility index (Phi) is 5.20. The quantitative estimate of drug-likeness (QED) is 0.747. The molecule has 100 valence electrons. The molecule has 4 heteroatoms. The highest BCUT2D eigenvalue weighted by atomic mass is 16.6. The maximum Gasteiger partial charge on any atom is 0.408 e. The highest BCUT2D eigenvalue weighted by Crippen LogP contribution is 2.24. The van der Waals surface area contributed by atoms with Crippen LogP contribution in [-0.2, 0) is 4.74 Å². The van der Waals surface area contributed by atoms with Gasteiger partial charge in [0.15, 0.2) is 0 Å². The first-order valence-corrected chi connectivity index (χ1v) is 5.84. The second-order valence-electron chi connectivity index (χ2n) is 6.31. The molecule has 0 aliphatic rings. The van der Waals surface area contributed by atoms with Gasteiger partial charge >= 0.3 is 6.09 Å². The average molecular weight is 242 g/mol. The number of rotatable bonds is 3. The fourth-order valence-electron chi connectivity index (χ4n) is 1.47. The van der Waals surface area contributed by atoms with Gasteiger partial charge in [0.25, 0.3) is 0 Å². The zero-order chi connectivity index (χ0) is 13.9. The molecule has 0 saturated carbocycles. The van der Waals surface area contributed by atoms with E-state index in [9.17, 15) is 4.79 Å². The molecular weight excluding hydrogens is 216 g/mol. The summed E-state index contributed by atoms with van der Waals surface area (Å²) in [5, 5.41) is 2.82. The minimum absolute atomic E-state index is 0.145. The van der Waals surface area contributed by atoms with Gasteiger partial charge in [-0.15, -0.1) is 0 Å². The predicted molar refractivity (Wildman–Crippen MR) is 70.8 cm³/mol. The fraction of sp³-hybridized carbons (Fsp3) is 0.769. The standard InChI is InChI=1S/C13H26N2O2/c1-9(8-14)10(12(2,3)4)15-11(16)17-13(5,6)7/h10H,1,8,14H2,2-7H3,(H,15,16). The van der Waals surface area contributed by atoms with Gasteiger partial charge in [0, 0.05) is 6.54 Å². The number of alkyl carbamates (subject to hydrolysis) is 1. The minimum atomic E-state index is -0.503. The third-order valence-corrected chi connectivity index (χ3v) is 2.20. The normalized spacial score (nSPS) is 14.1. The number of carbonyl (C=O) groups excluding carboxylic acids is 1. The Labute approximate surface area is 105 Å². The van der Waals surface area contributed by atoms with Gasteiger partial charge in [0.2, 0.25) is 0 Å². The number of hydrogen-bond acceptors (Lipinski definition) is 3. The number of hydrogen-bond donors (Lipinski definition) is 2. The summed E-state index contributed by atoms with van der Waals surface area (Å²) in [6, 6.07) is -0.192. The molecule has 0 aliphatic heterocycles. The van der Waals surface area contributed by atoms with E-state index in [1.165, 1.54) is 0 Å². The third-order valence-electron chi connectivity index (χ3n) is 2.20. The molecular formula is C13H26N2O2. The maximum atomic E-state index is 11.7. The van der Waals surface area contributed by atoms with E-state index in [1.54, 1.807) is 0 Å². The average Bonchev–Trinajstić information content (AvgIpc) is 2.08. The van der Waals surface area contributed by atoms with Crippen molar-refractivity contribution >= 4 is 6.09 Å². The van der Waals surface area contributed by atoms with E-state index in [0.717, 1.165) is 5.57 Å². The van der Waals surface area contributed by atoms with Gasteiger partial charge in [-0.3, -0.25) is 0 Å². The Balaban J connectivity index is 4.67. The number of nitrogens with one attached hydrogen (secondary N) is 1. The fourth-order valence-corrected chi connectivity index (χ4v) is 1.47. The molecule has 1 unspecified atom stereocenters. The highest BCUT2D eigenvalue weighted by molar-refractivity contribution is 5.68. The Morgan fingerprint density at radius 3 is 2.06 bits per heavy atom. The van der Waals surface area contributed by atoms with Crippen molar-refractivity contribution in [3.8, 4) is 0 Å². The van der Waals surface area contributed by atoms with Gasteiger partial charge in [-0.1, -0.05) is 27.4 Å².